The van der Waals surface area contributed by atoms with Crippen molar-refractivity contribution in [1.82, 2.24) is 10.2 Å². The van der Waals surface area contributed by atoms with E-state index in [9.17, 15) is 9.59 Å². The van der Waals surface area contributed by atoms with E-state index in [1.165, 1.54) is 0 Å². The van der Waals surface area contributed by atoms with Gasteiger partial charge in [0.2, 0.25) is 5.91 Å². The third-order valence-electron chi connectivity index (χ3n) is 3.99. The summed E-state index contributed by atoms with van der Waals surface area (Å²) >= 11 is 0. The molecule has 6 heteroatoms. The first-order chi connectivity index (χ1) is 11.1. The SMILES string of the molecule is COc1ccc(OCC(=O)NCC(=O)N2CCCCC2C)cc1. The second-order valence-corrected chi connectivity index (χ2v) is 5.67. The van der Waals surface area contributed by atoms with Crippen molar-refractivity contribution in [3.63, 3.8) is 0 Å². The lowest BCUT2D eigenvalue weighted by atomic mass is 10.0. The number of benzene rings is 1. The Balaban J connectivity index is 1.70. The molecule has 1 fully saturated rings. The second-order valence-electron chi connectivity index (χ2n) is 5.67. The molecule has 0 saturated carbocycles. The Morgan fingerprint density at radius 3 is 2.57 bits per heavy atom. The Hall–Kier alpha value is -2.24. The quantitative estimate of drug-likeness (QED) is 0.864. The summed E-state index contributed by atoms with van der Waals surface area (Å²) in [5, 5.41) is 2.61. The van der Waals surface area contributed by atoms with Gasteiger partial charge in [-0.1, -0.05) is 0 Å². The van der Waals surface area contributed by atoms with Gasteiger partial charge < -0.3 is 19.7 Å². The van der Waals surface area contributed by atoms with Gasteiger partial charge in [-0.05, 0) is 50.5 Å². The standard InChI is InChI=1S/C17H24N2O4/c1-13-5-3-4-10-19(13)17(21)11-18-16(20)12-23-15-8-6-14(22-2)7-9-15/h6-9,13H,3-5,10-12H2,1-2H3,(H,18,20). The monoisotopic (exact) mass is 320 g/mol. The Bertz CT molecular complexity index is 530. The maximum atomic E-state index is 12.1. The van der Waals surface area contributed by atoms with Crippen LogP contribution in [0, 0.1) is 0 Å². The third-order valence-corrected chi connectivity index (χ3v) is 3.99. The Morgan fingerprint density at radius 1 is 1.22 bits per heavy atom. The van der Waals surface area contributed by atoms with E-state index in [1.54, 1.807) is 31.4 Å². The molecule has 1 aromatic carbocycles. The molecule has 1 aliphatic rings. The number of methoxy groups -OCH3 is 1. The summed E-state index contributed by atoms with van der Waals surface area (Å²) in [5.74, 6) is 0.966. The molecule has 126 valence electrons. The van der Waals surface area contributed by atoms with Crippen molar-refractivity contribution in [2.75, 3.05) is 26.8 Å². The minimum absolute atomic E-state index is 0.0230. The summed E-state index contributed by atoms with van der Waals surface area (Å²) in [6.07, 6.45) is 3.22. The molecule has 1 saturated heterocycles. The lowest BCUT2D eigenvalue weighted by Crippen LogP contribution is -2.47. The Labute approximate surface area is 136 Å². The van der Waals surface area contributed by atoms with Crippen LogP contribution in [0.25, 0.3) is 0 Å². The molecule has 0 spiro atoms. The van der Waals surface area contributed by atoms with Crippen molar-refractivity contribution in [2.45, 2.75) is 32.2 Å². The van der Waals surface area contributed by atoms with Gasteiger partial charge in [-0.15, -0.1) is 0 Å². The van der Waals surface area contributed by atoms with E-state index in [0.29, 0.717) is 5.75 Å². The molecule has 23 heavy (non-hydrogen) atoms. The van der Waals surface area contributed by atoms with Gasteiger partial charge in [0, 0.05) is 12.6 Å². The van der Waals surface area contributed by atoms with Crippen molar-refractivity contribution < 1.29 is 19.1 Å². The third kappa shape index (κ3) is 5.16. The van der Waals surface area contributed by atoms with E-state index < -0.39 is 0 Å². The molecule has 0 aromatic heterocycles. The van der Waals surface area contributed by atoms with Crippen LogP contribution in [0.4, 0.5) is 0 Å². The highest BCUT2D eigenvalue weighted by Crippen LogP contribution is 2.17. The van der Waals surface area contributed by atoms with Crippen LogP contribution in [0.2, 0.25) is 0 Å². The molecule has 2 amide bonds. The van der Waals surface area contributed by atoms with Crippen LogP contribution in [0.5, 0.6) is 11.5 Å². The average molecular weight is 320 g/mol. The predicted molar refractivity (Wildman–Crippen MR) is 86.5 cm³/mol. The fourth-order valence-corrected chi connectivity index (χ4v) is 2.62. The van der Waals surface area contributed by atoms with Crippen LogP contribution in [0.1, 0.15) is 26.2 Å². The Morgan fingerprint density at radius 2 is 1.91 bits per heavy atom. The number of carbonyl (C=O) groups excluding carboxylic acids is 2. The first kappa shape index (κ1) is 17.1. The highest BCUT2D eigenvalue weighted by atomic mass is 16.5. The number of ether oxygens (including phenoxy) is 2. The molecule has 0 radical (unpaired) electrons. The van der Waals surface area contributed by atoms with Gasteiger partial charge in [0.25, 0.3) is 5.91 Å². The van der Waals surface area contributed by atoms with Gasteiger partial charge in [-0.25, -0.2) is 0 Å². The minimum Gasteiger partial charge on any atom is -0.497 e. The maximum Gasteiger partial charge on any atom is 0.258 e. The van der Waals surface area contributed by atoms with Gasteiger partial charge in [0.05, 0.1) is 13.7 Å². The number of hydrogen-bond acceptors (Lipinski definition) is 4. The highest BCUT2D eigenvalue weighted by molar-refractivity contribution is 5.85. The van der Waals surface area contributed by atoms with Crippen molar-refractivity contribution in [2.24, 2.45) is 0 Å². The summed E-state index contributed by atoms with van der Waals surface area (Å²) in [6, 6.07) is 7.23. The second kappa shape index (κ2) is 8.41. The summed E-state index contributed by atoms with van der Waals surface area (Å²) in [5.41, 5.74) is 0. The number of nitrogens with zero attached hydrogens (tertiary/aromatic N) is 1. The molecule has 6 nitrogen and oxygen atoms in total. The number of rotatable bonds is 6. The highest BCUT2D eigenvalue weighted by Gasteiger charge is 2.23. The van der Waals surface area contributed by atoms with Crippen molar-refractivity contribution in [1.29, 1.82) is 0 Å². The van der Waals surface area contributed by atoms with Crippen LogP contribution in [-0.4, -0.2) is 49.6 Å². The average Bonchev–Trinajstić information content (AvgIpc) is 2.58. The zero-order valence-corrected chi connectivity index (χ0v) is 13.7. The molecule has 0 aliphatic carbocycles. The van der Waals surface area contributed by atoms with Crippen LogP contribution in [-0.2, 0) is 9.59 Å². The van der Waals surface area contributed by atoms with E-state index in [0.717, 1.165) is 31.6 Å². The summed E-state index contributed by atoms with van der Waals surface area (Å²) in [7, 11) is 1.59. The van der Waals surface area contributed by atoms with E-state index in [2.05, 4.69) is 5.32 Å². The van der Waals surface area contributed by atoms with Crippen LogP contribution >= 0.6 is 0 Å². The van der Waals surface area contributed by atoms with Crippen LogP contribution in [0.15, 0.2) is 24.3 Å². The Kier molecular flexibility index (Phi) is 6.26. The zero-order valence-electron chi connectivity index (χ0n) is 13.7. The van der Waals surface area contributed by atoms with Crippen molar-refractivity contribution >= 4 is 11.8 Å². The van der Waals surface area contributed by atoms with Gasteiger partial charge in [0.15, 0.2) is 6.61 Å². The molecular formula is C17H24N2O4. The molecule has 1 unspecified atom stereocenters. The molecule has 1 aromatic rings. The van der Waals surface area contributed by atoms with Crippen LogP contribution < -0.4 is 14.8 Å². The molecule has 1 aliphatic heterocycles. The number of likely N-dealkylation sites (tertiary alicyclic amines) is 1. The lowest BCUT2D eigenvalue weighted by molar-refractivity contribution is -0.135. The van der Waals surface area contributed by atoms with E-state index >= 15 is 0 Å². The van der Waals surface area contributed by atoms with Gasteiger partial charge in [-0.3, -0.25) is 9.59 Å². The predicted octanol–water partition coefficient (Wildman–Crippen LogP) is 1.59. The molecular weight excluding hydrogens is 296 g/mol. The number of piperidine rings is 1. The van der Waals surface area contributed by atoms with E-state index in [4.69, 9.17) is 9.47 Å². The van der Waals surface area contributed by atoms with Gasteiger partial charge >= 0.3 is 0 Å². The summed E-state index contributed by atoms with van der Waals surface area (Å²) < 4.78 is 10.4. The van der Waals surface area contributed by atoms with Crippen LogP contribution in [0.3, 0.4) is 0 Å². The fourth-order valence-electron chi connectivity index (χ4n) is 2.62. The largest absolute Gasteiger partial charge is 0.497 e. The zero-order chi connectivity index (χ0) is 16.7. The van der Waals surface area contributed by atoms with Gasteiger partial charge in [-0.2, -0.15) is 0 Å². The molecule has 2 rings (SSSR count). The minimum atomic E-state index is -0.307. The van der Waals surface area contributed by atoms with E-state index in [1.807, 2.05) is 11.8 Å². The first-order valence-corrected chi connectivity index (χ1v) is 7.93. The molecule has 1 atom stereocenters. The van der Waals surface area contributed by atoms with Crippen molar-refractivity contribution in [3.8, 4) is 11.5 Å². The number of carbonyl (C=O) groups is 2. The number of nitrogens with one attached hydrogen (secondary N) is 1. The summed E-state index contributed by atoms with van der Waals surface area (Å²) in [4.78, 5) is 25.7. The first-order valence-electron chi connectivity index (χ1n) is 7.93. The van der Waals surface area contributed by atoms with E-state index in [-0.39, 0.29) is 31.0 Å². The number of amides is 2. The normalized spacial score (nSPS) is 17.5. The smallest absolute Gasteiger partial charge is 0.258 e. The maximum absolute atomic E-state index is 12.1. The van der Waals surface area contributed by atoms with Crippen molar-refractivity contribution in [3.05, 3.63) is 24.3 Å². The molecule has 0 bridgehead atoms. The molecule has 1 N–H and O–H groups in total. The summed E-state index contributed by atoms with van der Waals surface area (Å²) in [6.45, 7) is 2.73. The topological polar surface area (TPSA) is 67.9 Å². The number of hydrogen-bond donors (Lipinski definition) is 1. The van der Waals surface area contributed by atoms with Gasteiger partial charge in [0.1, 0.15) is 11.5 Å². The molecule has 1 heterocycles. The fraction of sp³-hybridized carbons (Fsp3) is 0.529. The lowest BCUT2D eigenvalue weighted by Gasteiger charge is -2.33.